The average Bonchev–Trinajstić information content (AvgIpc) is 3.22. The van der Waals surface area contributed by atoms with Crippen molar-refractivity contribution in [2.45, 2.75) is 20.8 Å². The fourth-order valence-corrected chi connectivity index (χ4v) is 3.19. The number of hydrogen-bond donors (Lipinski definition) is 3. The van der Waals surface area contributed by atoms with Gasteiger partial charge in [0.25, 0.3) is 5.91 Å². The zero-order valence-electron chi connectivity index (χ0n) is 15.0. The first-order valence-corrected chi connectivity index (χ1v) is 9.33. The van der Waals surface area contributed by atoms with Crippen LogP contribution < -0.4 is 16.0 Å². The lowest BCUT2D eigenvalue weighted by atomic mass is 9.96. The molecule has 0 aliphatic rings. The Balaban J connectivity index is 1.69. The maximum Gasteiger partial charge on any atom is 0.293 e. The summed E-state index contributed by atoms with van der Waals surface area (Å²) in [7, 11) is 0. The first-order chi connectivity index (χ1) is 12.7. The number of hydrogen-bond acceptors (Lipinski definition) is 6. The maximum absolute atomic E-state index is 12.0. The number of carbonyl (C=O) groups is 2. The smallest absolute Gasteiger partial charge is 0.293 e. The molecule has 0 radical (unpaired) electrons. The fraction of sp³-hybridized carbons (Fsp3) is 0.222. The molecule has 9 heteroatoms. The molecule has 1 aromatic carbocycles. The topological polar surface area (TPSA) is 96.3 Å². The van der Waals surface area contributed by atoms with Gasteiger partial charge in [-0.1, -0.05) is 32.1 Å². The highest BCUT2D eigenvalue weighted by Gasteiger charge is 2.22. The van der Waals surface area contributed by atoms with Gasteiger partial charge in [-0.05, 0) is 42.5 Å². The third kappa shape index (κ3) is 4.69. The number of carbonyl (C=O) groups excluding carboxylic acids is 2. The van der Waals surface area contributed by atoms with Gasteiger partial charge < -0.3 is 15.1 Å². The number of thiocarbonyl (C=S) groups is 1. The number of rotatable bonds is 3. The van der Waals surface area contributed by atoms with Crippen LogP contribution in [-0.4, -0.2) is 21.9 Å². The molecule has 3 N–H and O–H groups in total. The molecule has 27 heavy (non-hydrogen) atoms. The number of benzene rings is 1. The minimum absolute atomic E-state index is 0.165. The minimum atomic E-state index is -0.533. The van der Waals surface area contributed by atoms with E-state index in [0.717, 1.165) is 10.2 Å². The first kappa shape index (κ1) is 19.0. The molecule has 0 saturated carbocycles. The Morgan fingerprint density at radius 1 is 1.19 bits per heavy atom. The number of thiazole rings is 1. The van der Waals surface area contributed by atoms with Crippen LogP contribution in [0.15, 0.2) is 41.0 Å². The molecule has 0 aliphatic heterocycles. The zero-order valence-corrected chi connectivity index (χ0v) is 16.6. The summed E-state index contributed by atoms with van der Waals surface area (Å²) in [6.07, 6.45) is 1.44. The van der Waals surface area contributed by atoms with E-state index in [1.165, 1.54) is 17.6 Å². The SMILES string of the molecule is CC(C)(C)C(=O)NC(=S)Nc1ccc2nc(NC(=O)c3ccco3)sc2c1. The lowest BCUT2D eigenvalue weighted by Gasteiger charge is -2.18. The fourth-order valence-electron chi connectivity index (χ4n) is 2.08. The molecule has 0 bridgehead atoms. The number of nitrogens with one attached hydrogen (secondary N) is 3. The highest BCUT2D eigenvalue weighted by atomic mass is 32.1. The van der Waals surface area contributed by atoms with Crippen LogP contribution in [0.4, 0.5) is 10.8 Å². The Morgan fingerprint density at radius 3 is 2.63 bits per heavy atom. The normalized spacial score (nSPS) is 11.2. The molecule has 0 atom stereocenters. The quantitative estimate of drug-likeness (QED) is 0.573. The first-order valence-electron chi connectivity index (χ1n) is 8.10. The lowest BCUT2D eigenvalue weighted by molar-refractivity contribution is -0.126. The average molecular weight is 403 g/mol. The van der Waals surface area contributed by atoms with Crippen molar-refractivity contribution in [1.82, 2.24) is 10.3 Å². The second kappa shape index (κ2) is 7.45. The molecule has 0 aliphatic carbocycles. The predicted octanol–water partition coefficient (Wildman–Crippen LogP) is 4.00. The standard InChI is InChI=1S/C18H18N4O3S2/c1-18(2,3)15(24)22-16(26)19-10-6-7-11-13(9-10)27-17(20-11)21-14(23)12-5-4-8-25-12/h4-9H,1-3H3,(H,20,21,23)(H2,19,22,24,26). The summed E-state index contributed by atoms with van der Waals surface area (Å²) in [5.41, 5.74) is 0.924. The van der Waals surface area contributed by atoms with Gasteiger partial charge in [-0.3, -0.25) is 14.9 Å². The van der Waals surface area contributed by atoms with Gasteiger partial charge >= 0.3 is 0 Å². The van der Waals surface area contributed by atoms with Gasteiger partial charge in [0.2, 0.25) is 5.91 Å². The Hall–Kier alpha value is -2.78. The summed E-state index contributed by atoms with van der Waals surface area (Å²) in [6, 6.07) is 8.69. The van der Waals surface area contributed by atoms with Crippen LogP contribution in [0.25, 0.3) is 10.2 Å². The molecule has 3 rings (SSSR count). The van der Waals surface area contributed by atoms with Crippen molar-refractivity contribution in [2.75, 3.05) is 10.6 Å². The van der Waals surface area contributed by atoms with Crippen molar-refractivity contribution >= 4 is 61.5 Å². The van der Waals surface area contributed by atoms with E-state index in [0.29, 0.717) is 10.8 Å². The lowest BCUT2D eigenvalue weighted by Crippen LogP contribution is -2.41. The summed E-state index contributed by atoms with van der Waals surface area (Å²) in [4.78, 5) is 28.4. The summed E-state index contributed by atoms with van der Waals surface area (Å²) in [5.74, 6) is -0.304. The molecule has 0 fully saturated rings. The molecular weight excluding hydrogens is 384 g/mol. The van der Waals surface area contributed by atoms with Gasteiger partial charge in [-0.15, -0.1) is 0 Å². The molecule has 0 spiro atoms. The van der Waals surface area contributed by atoms with E-state index in [2.05, 4.69) is 20.9 Å². The maximum atomic E-state index is 12.0. The Labute approximate surface area is 165 Å². The van der Waals surface area contributed by atoms with Crippen LogP contribution in [0.5, 0.6) is 0 Å². The summed E-state index contributed by atoms with van der Waals surface area (Å²) >= 11 is 6.52. The Morgan fingerprint density at radius 2 is 1.96 bits per heavy atom. The summed E-state index contributed by atoms with van der Waals surface area (Å²) in [5, 5.41) is 9.05. The highest BCUT2D eigenvalue weighted by Crippen LogP contribution is 2.28. The van der Waals surface area contributed by atoms with Gasteiger partial charge in [0.15, 0.2) is 16.0 Å². The third-order valence-corrected chi connectivity index (χ3v) is 4.66. The summed E-state index contributed by atoms with van der Waals surface area (Å²) < 4.78 is 5.93. The number of anilines is 2. The van der Waals surface area contributed by atoms with Crippen molar-refractivity contribution in [3.63, 3.8) is 0 Å². The van der Waals surface area contributed by atoms with E-state index >= 15 is 0 Å². The number of amides is 2. The molecule has 2 aromatic heterocycles. The Kier molecular flexibility index (Phi) is 5.24. The second-order valence-electron chi connectivity index (χ2n) is 6.79. The van der Waals surface area contributed by atoms with Crippen molar-refractivity contribution < 1.29 is 14.0 Å². The molecular formula is C18H18N4O3S2. The van der Waals surface area contributed by atoms with Crippen LogP contribution in [-0.2, 0) is 4.79 Å². The van der Waals surface area contributed by atoms with Gasteiger partial charge in [-0.25, -0.2) is 4.98 Å². The Bertz CT molecular complexity index is 1000. The van der Waals surface area contributed by atoms with Gasteiger partial charge in [0, 0.05) is 11.1 Å². The van der Waals surface area contributed by atoms with Crippen molar-refractivity contribution in [2.24, 2.45) is 5.41 Å². The molecule has 0 saturated heterocycles. The monoisotopic (exact) mass is 402 g/mol. The van der Waals surface area contributed by atoms with E-state index < -0.39 is 5.41 Å². The van der Waals surface area contributed by atoms with Crippen LogP contribution in [0.3, 0.4) is 0 Å². The van der Waals surface area contributed by atoms with Gasteiger partial charge in [0.1, 0.15) is 0 Å². The van der Waals surface area contributed by atoms with Crippen LogP contribution >= 0.6 is 23.6 Å². The van der Waals surface area contributed by atoms with Crippen LogP contribution in [0.1, 0.15) is 31.3 Å². The van der Waals surface area contributed by atoms with Crippen molar-refractivity contribution in [3.8, 4) is 0 Å². The number of furan rings is 1. The van der Waals surface area contributed by atoms with E-state index in [1.54, 1.807) is 18.2 Å². The van der Waals surface area contributed by atoms with E-state index in [1.807, 2.05) is 32.9 Å². The molecule has 3 aromatic rings. The zero-order chi connectivity index (χ0) is 19.6. The number of nitrogens with zero attached hydrogens (tertiary/aromatic N) is 1. The molecule has 140 valence electrons. The molecule has 0 unspecified atom stereocenters. The molecule has 7 nitrogen and oxygen atoms in total. The second-order valence-corrected chi connectivity index (χ2v) is 8.23. The minimum Gasteiger partial charge on any atom is -0.459 e. The van der Waals surface area contributed by atoms with Gasteiger partial charge in [0.05, 0.1) is 16.5 Å². The molecule has 2 amide bonds. The largest absolute Gasteiger partial charge is 0.459 e. The van der Waals surface area contributed by atoms with Crippen LogP contribution in [0.2, 0.25) is 0 Å². The summed E-state index contributed by atoms with van der Waals surface area (Å²) in [6.45, 7) is 5.44. The predicted molar refractivity (Wildman–Crippen MR) is 110 cm³/mol. The molecule has 2 heterocycles. The van der Waals surface area contributed by atoms with E-state index in [4.69, 9.17) is 16.6 Å². The van der Waals surface area contributed by atoms with Crippen molar-refractivity contribution in [1.29, 1.82) is 0 Å². The number of aromatic nitrogens is 1. The van der Waals surface area contributed by atoms with E-state index in [9.17, 15) is 9.59 Å². The van der Waals surface area contributed by atoms with Crippen LogP contribution in [0, 0.1) is 5.41 Å². The third-order valence-electron chi connectivity index (χ3n) is 3.52. The van der Waals surface area contributed by atoms with Crippen molar-refractivity contribution in [3.05, 3.63) is 42.4 Å². The van der Waals surface area contributed by atoms with Gasteiger partial charge in [-0.2, -0.15) is 0 Å². The highest BCUT2D eigenvalue weighted by molar-refractivity contribution is 7.80. The van der Waals surface area contributed by atoms with E-state index in [-0.39, 0.29) is 22.7 Å². The number of fused-ring (bicyclic) bond motifs is 1.